The van der Waals surface area contributed by atoms with Crippen molar-refractivity contribution in [3.05, 3.63) is 69.2 Å². The van der Waals surface area contributed by atoms with Crippen molar-refractivity contribution < 1.29 is 9.59 Å². The highest BCUT2D eigenvalue weighted by Crippen LogP contribution is 2.24. The Labute approximate surface area is 144 Å². The minimum Gasteiger partial charge on any atom is -0.355 e. The number of benzene rings is 2. The van der Waals surface area contributed by atoms with E-state index in [1.54, 1.807) is 49.5 Å². The number of carbonyl (C=O) groups excluding carboxylic acids is 2. The summed E-state index contributed by atoms with van der Waals surface area (Å²) in [5, 5.41) is 6.31. The minimum atomic E-state index is -0.171. The number of amides is 2. The molecule has 2 amide bonds. The highest BCUT2D eigenvalue weighted by molar-refractivity contribution is 6.36. The van der Waals surface area contributed by atoms with Crippen molar-refractivity contribution in [1.82, 2.24) is 10.6 Å². The molecule has 0 bridgehead atoms. The Hall–Kier alpha value is -2.04. The maximum absolute atomic E-state index is 12.0. The van der Waals surface area contributed by atoms with Crippen LogP contribution in [-0.2, 0) is 17.8 Å². The molecule has 0 aliphatic heterocycles. The van der Waals surface area contributed by atoms with Gasteiger partial charge in [0.2, 0.25) is 5.91 Å². The summed E-state index contributed by atoms with van der Waals surface area (Å²) >= 11 is 12.1. The highest BCUT2D eigenvalue weighted by Gasteiger charge is 2.10. The molecule has 0 heterocycles. The molecule has 0 aliphatic carbocycles. The summed E-state index contributed by atoms with van der Waals surface area (Å²) in [7, 11) is 1.58. The lowest BCUT2D eigenvalue weighted by Crippen LogP contribution is -2.25. The van der Waals surface area contributed by atoms with Gasteiger partial charge in [-0.25, -0.2) is 0 Å². The maximum Gasteiger partial charge on any atom is 0.251 e. The summed E-state index contributed by atoms with van der Waals surface area (Å²) < 4.78 is 0. The number of hydrogen-bond donors (Lipinski definition) is 2. The van der Waals surface area contributed by atoms with Gasteiger partial charge in [0, 0.05) is 29.2 Å². The Kier molecular flexibility index (Phi) is 6.02. The molecule has 0 aliphatic rings. The summed E-state index contributed by atoms with van der Waals surface area (Å²) in [6.45, 7) is 0.370. The Bertz CT molecular complexity index is 695. The molecule has 0 radical (unpaired) electrons. The van der Waals surface area contributed by atoms with E-state index >= 15 is 0 Å². The van der Waals surface area contributed by atoms with Gasteiger partial charge < -0.3 is 10.6 Å². The van der Waals surface area contributed by atoms with Gasteiger partial charge in [-0.3, -0.25) is 9.59 Å². The fraction of sp³-hybridized carbons (Fsp3) is 0.176. The highest BCUT2D eigenvalue weighted by atomic mass is 35.5. The zero-order chi connectivity index (χ0) is 16.8. The SMILES string of the molecule is CNC(=O)c1ccc(CNC(=O)Cc2c(Cl)cccc2Cl)cc1. The van der Waals surface area contributed by atoms with E-state index in [0.717, 1.165) is 5.56 Å². The van der Waals surface area contributed by atoms with Crippen molar-refractivity contribution >= 4 is 35.0 Å². The van der Waals surface area contributed by atoms with Crippen molar-refractivity contribution in [1.29, 1.82) is 0 Å². The van der Waals surface area contributed by atoms with Crippen LogP contribution in [0.15, 0.2) is 42.5 Å². The van der Waals surface area contributed by atoms with E-state index < -0.39 is 0 Å². The van der Waals surface area contributed by atoms with Crippen LogP contribution in [0.2, 0.25) is 10.0 Å². The van der Waals surface area contributed by atoms with Crippen LogP contribution in [0.4, 0.5) is 0 Å². The van der Waals surface area contributed by atoms with Gasteiger partial charge in [0.1, 0.15) is 0 Å². The minimum absolute atomic E-state index is 0.120. The average molecular weight is 351 g/mol. The summed E-state index contributed by atoms with van der Waals surface area (Å²) in [6, 6.07) is 12.2. The molecule has 2 aromatic rings. The van der Waals surface area contributed by atoms with Gasteiger partial charge in [-0.2, -0.15) is 0 Å². The summed E-state index contributed by atoms with van der Waals surface area (Å²) in [4.78, 5) is 23.5. The standard InChI is InChI=1S/C17H16Cl2N2O2/c1-20-17(23)12-7-5-11(6-8-12)10-21-16(22)9-13-14(18)3-2-4-15(13)19/h2-8H,9-10H2,1H3,(H,20,23)(H,21,22). The number of rotatable bonds is 5. The molecule has 2 N–H and O–H groups in total. The molecule has 0 saturated carbocycles. The first kappa shape index (κ1) is 17.3. The van der Waals surface area contributed by atoms with Crippen molar-refractivity contribution in [2.45, 2.75) is 13.0 Å². The molecular weight excluding hydrogens is 335 g/mol. The second-order valence-electron chi connectivity index (χ2n) is 4.93. The van der Waals surface area contributed by atoms with E-state index in [4.69, 9.17) is 23.2 Å². The van der Waals surface area contributed by atoms with E-state index in [2.05, 4.69) is 10.6 Å². The summed E-state index contributed by atoms with van der Waals surface area (Å²) in [5.41, 5.74) is 2.09. The smallest absolute Gasteiger partial charge is 0.251 e. The third-order valence-electron chi connectivity index (χ3n) is 3.33. The number of nitrogens with one attached hydrogen (secondary N) is 2. The van der Waals surface area contributed by atoms with E-state index in [1.165, 1.54) is 0 Å². The van der Waals surface area contributed by atoms with Crippen molar-refractivity contribution in [2.24, 2.45) is 0 Å². The Morgan fingerprint density at radius 2 is 1.61 bits per heavy atom. The van der Waals surface area contributed by atoms with Crippen LogP contribution >= 0.6 is 23.2 Å². The fourth-order valence-corrected chi connectivity index (χ4v) is 2.57. The molecule has 4 nitrogen and oxygen atoms in total. The van der Waals surface area contributed by atoms with Crippen LogP contribution in [0.1, 0.15) is 21.5 Å². The van der Waals surface area contributed by atoms with Crippen LogP contribution in [0, 0.1) is 0 Å². The zero-order valence-electron chi connectivity index (χ0n) is 12.5. The average Bonchev–Trinajstić information content (AvgIpc) is 2.56. The quantitative estimate of drug-likeness (QED) is 0.869. The number of carbonyl (C=O) groups is 2. The van der Waals surface area contributed by atoms with E-state index in [-0.39, 0.29) is 18.2 Å². The zero-order valence-corrected chi connectivity index (χ0v) is 14.0. The van der Waals surface area contributed by atoms with E-state index in [9.17, 15) is 9.59 Å². The second-order valence-corrected chi connectivity index (χ2v) is 5.74. The predicted molar refractivity (Wildman–Crippen MR) is 91.8 cm³/mol. The third kappa shape index (κ3) is 4.71. The molecule has 0 fully saturated rings. The predicted octanol–water partition coefficient (Wildman–Crippen LogP) is 3.21. The van der Waals surface area contributed by atoms with Crippen LogP contribution in [0.5, 0.6) is 0 Å². The Balaban J connectivity index is 1.93. The lowest BCUT2D eigenvalue weighted by atomic mass is 10.1. The number of hydrogen-bond acceptors (Lipinski definition) is 2. The van der Waals surface area contributed by atoms with Crippen molar-refractivity contribution in [3.8, 4) is 0 Å². The largest absolute Gasteiger partial charge is 0.355 e. The second kappa shape index (κ2) is 7.99. The lowest BCUT2D eigenvalue weighted by Gasteiger charge is -2.09. The van der Waals surface area contributed by atoms with Gasteiger partial charge in [0.15, 0.2) is 0 Å². The first-order chi connectivity index (χ1) is 11.0. The normalized spacial score (nSPS) is 10.2. The van der Waals surface area contributed by atoms with Crippen LogP contribution in [0.25, 0.3) is 0 Å². The van der Waals surface area contributed by atoms with Gasteiger partial charge >= 0.3 is 0 Å². The first-order valence-electron chi connectivity index (χ1n) is 7.02. The van der Waals surface area contributed by atoms with Gasteiger partial charge in [0.25, 0.3) is 5.91 Å². The van der Waals surface area contributed by atoms with Gasteiger partial charge in [0.05, 0.1) is 6.42 Å². The van der Waals surface area contributed by atoms with Crippen molar-refractivity contribution in [2.75, 3.05) is 7.05 Å². The third-order valence-corrected chi connectivity index (χ3v) is 4.04. The molecule has 0 atom stereocenters. The topological polar surface area (TPSA) is 58.2 Å². The molecular formula is C17H16Cl2N2O2. The Morgan fingerprint density at radius 1 is 1.00 bits per heavy atom. The molecule has 2 rings (SSSR count). The maximum atomic E-state index is 12.0. The van der Waals surface area contributed by atoms with E-state index in [0.29, 0.717) is 27.7 Å². The van der Waals surface area contributed by atoms with Crippen molar-refractivity contribution in [3.63, 3.8) is 0 Å². The van der Waals surface area contributed by atoms with E-state index in [1.807, 2.05) is 0 Å². The molecule has 0 spiro atoms. The van der Waals surface area contributed by atoms with Gasteiger partial charge in [-0.05, 0) is 35.4 Å². The fourth-order valence-electron chi connectivity index (χ4n) is 2.04. The summed E-state index contributed by atoms with van der Waals surface area (Å²) in [5.74, 6) is -0.315. The molecule has 120 valence electrons. The van der Waals surface area contributed by atoms with Crippen LogP contribution < -0.4 is 10.6 Å². The molecule has 0 unspecified atom stereocenters. The van der Waals surface area contributed by atoms with Gasteiger partial charge in [-0.1, -0.05) is 41.4 Å². The van der Waals surface area contributed by atoms with Gasteiger partial charge in [-0.15, -0.1) is 0 Å². The number of halogens is 2. The summed E-state index contributed by atoms with van der Waals surface area (Å²) in [6.07, 6.45) is 0.120. The monoisotopic (exact) mass is 350 g/mol. The molecule has 0 aromatic heterocycles. The Morgan fingerprint density at radius 3 is 2.17 bits per heavy atom. The molecule has 23 heavy (non-hydrogen) atoms. The molecule has 6 heteroatoms. The molecule has 0 saturated heterocycles. The van der Waals surface area contributed by atoms with Crippen LogP contribution in [0.3, 0.4) is 0 Å². The lowest BCUT2D eigenvalue weighted by molar-refractivity contribution is -0.120. The molecule has 2 aromatic carbocycles. The van der Waals surface area contributed by atoms with Crippen LogP contribution in [-0.4, -0.2) is 18.9 Å². The first-order valence-corrected chi connectivity index (χ1v) is 7.77.